The van der Waals surface area contributed by atoms with E-state index in [2.05, 4.69) is 21.1 Å². The standard InChI is InChI=1S/C12H14BrNO4S/c1-12(2,19(15,16)17)11-9(13)10(14-18-11)8-6-4-3-5-7-8/h3-7,9,11H,1-2H3,(H,15,16,17). The fraction of sp³-hybridized carbons (Fsp3) is 0.417. The van der Waals surface area contributed by atoms with Crippen molar-refractivity contribution in [3.8, 4) is 0 Å². The highest BCUT2D eigenvalue weighted by Crippen LogP contribution is 2.34. The van der Waals surface area contributed by atoms with Crippen molar-refractivity contribution >= 4 is 31.8 Å². The molecule has 0 spiro atoms. The van der Waals surface area contributed by atoms with Gasteiger partial charge in [0.05, 0.1) is 0 Å². The van der Waals surface area contributed by atoms with Crippen LogP contribution in [0.25, 0.3) is 0 Å². The fourth-order valence-corrected chi connectivity index (χ4v) is 3.56. The molecule has 0 radical (unpaired) electrons. The predicted octanol–water partition coefficient (Wildman–Crippen LogP) is 2.22. The number of benzene rings is 1. The number of nitrogens with zero attached hydrogens (tertiary/aromatic N) is 1. The van der Waals surface area contributed by atoms with Gasteiger partial charge in [-0.05, 0) is 13.8 Å². The van der Waals surface area contributed by atoms with Crippen LogP contribution in [0.5, 0.6) is 0 Å². The molecule has 0 fully saturated rings. The van der Waals surface area contributed by atoms with Gasteiger partial charge in [0.25, 0.3) is 10.1 Å². The lowest BCUT2D eigenvalue weighted by atomic mass is 9.97. The van der Waals surface area contributed by atoms with Gasteiger partial charge in [-0.3, -0.25) is 4.55 Å². The first-order valence-electron chi connectivity index (χ1n) is 5.65. The fourth-order valence-electron chi connectivity index (χ4n) is 1.81. The van der Waals surface area contributed by atoms with Crippen LogP contribution in [-0.4, -0.2) is 34.4 Å². The van der Waals surface area contributed by atoms with Crippen molar-refractivity contribution in [2.75, 3.05) is 0 Å². The normalized spacial score (nSPS) is 23.9. The molecule has 0 saturated carbocycles. The van der Waals surface area contributed by atoms with Crippen molar-refractivity contribution < 1.29 is 17.8 Å². The summed E-state index contributed by atoms with van der Waals surface area (Å²) in [7, 11) is -4.25. The van der Waals surface area contributed by atoms with E-state index in [1.165, 1.54) is 13.8 Å². The minimum atomic E-state index is -4.25. The molecule has 1 N–H and O–H groups in total. The van der Waals surface area contributed by atoms with E-state index >= 15 is 0 Å². The maximum atomic E-state index is 11.4. The van der Waals surface area contributed by atoms with Crippen LogP contribution in [0.15, 0.2) is 35.5 Å². The summed E-state index contributed by atoms with van der Waals surface area (Å²) in [5.41, 5.74) is 1.46. The Balaban J connectivity index is 2.30. The summed E-state index contributed by atoms with van der Waals surface area (Å²) in [5.74, 6) is 0. The summed E-state index contributed by atoms with van der Waals surface area (Å²) in [6.45, 7) is 2.81. The number of hydrogen-bond donors (Lipinski definition) is 1. The van der Waals surface area contributed by atoms with Crippen molar-refractivity contribution in [3.63, 3.8) is 0 Å². The summed E-state index contributed by atoms with van der Waals surface area (Å²) < 4.78 is 30.7. The molecular weight excluding hydrogens is 334 g/mol. The molecule has 7 heteroatoms. The van der Waals surface area contributed by atoms with Gasteiger partial charge in [-0.1, -0.05) is 51.4 Å². The first kappa shape index (κ1) is 14.5. The maximum Gasteiger partial charge on any atom is 0.273 e. The van der Waals surface area contributed by atoms with E-state index in [0.29, 0.717) is 5.71 Å². The molecule has 19 heavy (non-hydrogen) atoms. The van der Waals surface area contributed by atoms with Crippen LogP contribution in [0.4, 0.5) is 0 Å². The third-order valence-electron chi connectivity index (χ3n) is 3.21. The molecule has 104 valence electrons. The van der Waals surface area contributed by atoms with Crippen LogP contribution in [-0.2, 0) is 15.0 Å². The Hall–Kier alpha value is -0.920. The van der Waals surface area contributed by atoms with E-state index in [4.69, 9.17) is 4.84 Å². The summed E-state index contributed by atoms with van der Waals surface area (Å²) in [6, 6.07) is 9.32. The number of oxime groups is 1. The molecule has 1 heterocycles. The van der Waals surface area contributed by atoms with Crippen molar-refractivity contribution in [3.05, 3.63) is 35.9 Å². The molecule has 2 rings (SSSR count). The molecule has 0 aromatic heterocycles. The van der Waals surface area contributed by atoms with Gasteiger partial charge in [-0.15, -0.1) is 0 Å². The Kier molecular flexibility index (Phi) is 3.72. The maximum absolute atomic E-state index is 11.4. The van der Waals surface area contributed by atoms with E-state index in [1.54, 1.807) is 0 Å². The second kappa shape index (κ2) is 4.88. The largest absolute Gasteiger partial charge is 0.389 e. The molecule has 0 amide bonds. The lowest BCUT2D eigenvalue weighted by molar-refractivity contribution is 0.0621. The van der Waals surface area contributed by atoms with Crippen molar-refractivity contribution in [1.82, 2.24) is 0 Å². The van der Waals surface area contributed by atoms with Gasteiger partial charge in [-0.2, -0.15) is 8.42 Å². The average molecular weight is 348 g/mol. The Bertz CT molecular complexity index is 597. The Morgan fingerprint density at radius 2 is 1.89 bits per heavy atom. The molecule has 1 aliphatic heterocycles. The van der Waals surface area contributed by atoms with E-state index in [-0.39, 0.29) is 0 Å². The Morgan fingerprint density at radius 1 is 1.32 bits per heavy atom. The van der Waals surface area contributed by atoms with E-state index in [0.717, 1.165) is 5.56 Å². The number of alkyl halides is 1. The first-order valence-corrected chi connectivity index (χ1v) is 8.01. The lowest BCUT2D eigenvalue weighted by Gasteiger charge is -2.28. The molecule has 1 aromatic rings. The highest BCUT2D eigenvalue weighted by molar-refractivity contribution is 9.10. The third kappa shape index (κ3) is 2.54. The zero-order valence-corrected chi connectivity index (χ0v) is 12.8. The minimum absolute atomic E-state index is 0.410. The van der Waals surface area contributed by atoms with E-state index in [1.807, 2.05) is 30.3 Å². The van der Waals surface area contributed by atoms with Crippen LogP contribution in [0.3, 0.4) is 0 Å². The van der Waals surface area contributed by atoms with Crippen LogP contribution < -0.4 is 0 Å². The van der Waals surface area contributed by atoms with E-state index in [9.17, 15) is 13.0 Å². The van der Waals surface area contributed by atoms with Gasteiger partial charge < -0.3 is 4.84 Å². The third-order valence-corrected chi connectivity index (χ3v) is 5.69. The van der Waals surface area contributed by atoms with Gasteiger partial charge in [-0.25, -0.2) is 0 Å². The molecule has 1 aromatic carbocycles. The average Bonchev–Trinajstić information content (AvgIpc) is 2.71. The predicted molar refractivity (Wildman–Crippen MR) is 76.2 cm³/mol. The summed E-state index contributed by atoms with van der Waals surface area (Å²) in [5, 5.41) is 3.94. The minimum Gasteiger partial charge on any atom is -0.389 e. The second-order valence-corrected chi connectivity index (χ2v) is 7.84. The van der Waals surface area contributed by atoms with Gasteiger partial charge >= 0.3 is 0 Å². The molecule has 1 aliphatic rings. The highest BCUT2D eigenvalue weighted by Gasteiger charge is 2.50. The van der Waals surface area contributed by atoms with Gasteiger partial charge in [0, 0.05) is 5.56 Å². The van der Waals surface area contributed by atoms with Crippen LogP contribution in [0.2, 0.25) is 0 Å². The van der Waals surface area contributed by atoms with Crippen LogP contribution in [0, 0.1) is 0 Å². The monoisotopic (exact) mass is 347 g/mol. The lowest BCUT2D eigenvalue weighted by Crippen LogP contribution is -2.48. The topological polar surface area (TPSA) is 76.0 Å². The molecule has 5 nitrogen and oxygen atoms in total. The number of hydrogen-bond acceptors (Lipinski definition) is 4. The van der Waals surface area contributed by atoms with Crippen LogP contribution in [0.1, 0.15) is 19.4 Å². The van der Waals surface area contributed by atoms with Gasteiger partial charge in [0.1, 0.15) is 15.3 Å². The SMILES string of the molecule is CC(C)(C1ON=C(c2ccccc2)C1Br)S(=O)(=O)O. The Morgan fingerprint density at radius 3 is 2.42 bits per heavy atom. The zero-order chi connectivity index (χ0) is 14.3. The van der Waals surface area contributed by atoms with Crippen molar-refractivity contribution in [2.24, 2.45) is 5.16 Å². The smallest absolute Gasteiger partial charge is 0.273 e. The molecule has 2 atom stereocenters. The Labute approximate surface area is 120 Å². The van der Waals surface area contributed by atoms with E-state index < -0.39 is 25.8 Å². The molecule has 0 bridgehead atoms. The molecule has 0 saturated heterocycles. The summed E-state index contributed by atoms with van der Waals surface area (Å²) in [6.07, 6.45) is -0.794. The highest BCUT2D eigenvalue weighted by atomic mass is 79.9. The number of halogens is 1. The summed E-state index contributed by atoms with van der Waals surface area (Å²) >= 11 is 3.40. The second-order valence-electron chi connectivity index (χ2n) is 4.85. The molecule has 2 unspecified atom stereocenters. The quantitative estimate of drug-likeness (QED) is 0.671. The van der Waals surface area contributed by atoms with Crippen molar-refractivity contribution in [2.45, 2.75) is 29.5 Å². The zero-order valence-electron chi connectivity index (χ0n) is 10.4. The molecular formula is C12H14BrNO4S. The first-order chi connectivity index (χ1) is 8.75. The van der Waals surface area contributed by atoms with Gasteiger partial charge in [0.15, 0.2) is 6.10 Å². The molecule has 0 aliphatic carbocycles. The van der Waals surface area contributed by atoms with Crippen LogP contribution >= 0.6 is 15.9 Å². The van der Waals surface area contributed by atoms with Crippen molar-refractivity contribution in [1.29, 1.82) is 0 Å². The van der Waals surface area contributed by atoms with Gasteiger partial charge in [0.2, 0.25) is 0 Å². The number of rotatable bonds is 3. The summed E-state index contributed by atoms with van der Waals surface area (Å²) in [4.78, 5) is 4.82.